The number of anilines is 1. The number of piperidine rings is 1. The monoisotopic (exact) mass is 253 g/mol. The first-order chi connectivity index (χ1) is 8.19. The van der Waals surface area contributed by atoms with Crippen LogP contribution in [0.25, 0.3) is 0 Å². The average Bonchev–Trinajstić information content (AvgIpc) is 2.75. The van der Waals surface area contributed by atoms with E-state index in [9.17, 15) is 4.79 Å². The molecule has 1 aliphatic rings. The van der Waals surface area contributed by atoms with E-state index in [4.69, 9.17) is 0 Å². The summed E-state index contributed by atoms with van der Waals surface area (Å²) in [5, 5.41) is 6.86. The first-order valence-electron chi connectivity index (χ1n) is 6.15. The van der Waals surface area contributed by atoms with E-state index in [0.29, 0.717) is 11.0 Å². The maximum Gasteiger partial charge on any atom is 0.243 e. The minimum Gasteiger partial charge on any atom is -0.306 e. The van der Waals surface area contributed by atoms with Gasteiger partial charge in [0.25, 0.3) is 0 Å². The van der Waals surface area contributed by atoms with Crippen LogP contribution in [-0.2, 0) is 4.79 Å². The number of aromatic nitrogens is 1. The molecule has 5 heteroatoms. The average molecular weight is 253 g/mol. The lowest BCUT2D eigenvalue weighted by Crippen LogP contribution is -2.46. The molecule has 0 aliphatic carbocycles. The van der Waals surface area contributed by atoms with Crippen LogP contribution in [0.15, 0.2) is 6.20 Å². The fourth-order valence-electron chi connectivity index (χ4n) is 2.17. The van der Waals surface area contributed by atoms with Crippen LogP contribution in [0.3, 0.4) is 0 Å². The number of nitrogens with zero attached hydrogens (tertiary/aromatic N) is 1. The highest BCUT2D eigenvalue weighted by Crippen LogP contribution is 2.21. The maximum absolute atomic E-state index is 12.0. The molecule has 1 amide bonds. The Hall–Kier alpha value is -0.940. The molecule has 94 valence electrons. The number of carbonyl (C=O) groups excluding carboxylic acids is 1. The van der Waals surface area contributed by atoms with Gasteiger partial charge in [-0.25, -0.2) is 4.98 Å². The molecule has 2 heterocycles. The molecule has 1 aromatic heterocycles. The number of carbonyl (C=O) groups is 1. The van der Waals surface area contributed by atoms with E-state index in [2.05, 4.69) is 22.5 Å². The van der Waals surface area contributed by atoms with Gasteiger partial charge in [-0.1, -0.05) is 13.3 Å². The van der Waals surface area contributed by atoms with E-state index in [0.717, 1.165) is 24.3 Å². The van der Waals surface area contributed by atoms with Crippen molar-refractivity contribution in [1.29, 1.82) is 0 Å². The van der Waals surface area contributed by atoms with Gasteiger partial charge in [0.15, 0.2) is 5.13 Å². The van der Waals surface area contributed by atoms with Crippen LogP contribution in [0.4, 0.5) is 5.13 Å². The third-order valence-electron chi connectivity index (χ3n) is 3.26. The van der Waals surface area contributed by atoms with Crippen LogP contribution in [0, 0.1) is 12.8 Å². The van der Waals surface area contributed by atoms with Crippen molar-refractivity contribution in [2.24, 2.45) is 5.92 Å². The second kappa shape index (κ2) is 5.60. The summed E-state index contributed by atoms with van der Waals surface area (Å²) in [6, 6.07) is -0.0575. The van der Waals surface area contributed by atoms with Gasteiger partial charge in [0.1, 0.15) is 0 Å². The minimum atomic E-state index is -0.0575. The zero-order valence-corrected chi connectivity index (χ0v) is 11.1. The summed E-state index contributed by atoms with van der Waals surface area (Å²) in [5.41, 5.74) is 0. The van der Waals surface area contributed by atoms with Crippen molar-refractivity contribution in [2.45, 2.75) is 39.2 Å². The standard InChI is InChI=1S/C12H19N3OS/c1-3-9-4-5-13-10(6-9)11(16)15-12-14-7-8(2)17-12/h7,9-10,13H,3-6H2,1-2H3,(H,14,15,16). The lowest BCUT2D eigenvalue weighted by Gasteiger charge is -2.28. The Bertz CT molecular complexity index is 391. The summed E-state index contributed by atoms with van der Waals surface area (Å²) in [6.45, 7) is 5.11. The zero-order valence-electron chi connectivity index (χ0n) is 10.3. The molecule has 0 aromatic carbocycles. The van der Waals surface area contributed by atoms with Gasteiger partial charge < -0.3 is 10.6 Å². The van der Waals surface area contributed by atoms with Crippen molar-refractivity contribution in [3.05, 3.63) is 11.1 Å². The van der Waals surface area contributed by atoms with E-state index >= 15 is 0 Å². The molecule has 1 fully saturated rings. The summed E-state index contributed by atoms with van der Waals surface area (Å²) >= 11 is 1.52. The van der Waals surface area contributed by atoms with Crippen LogP contribution in [0.2, 0.25) is 0 Å². The van der Waals surface area contributed by atoms with Crippen molar-refractivity contribution in [3.63, 3.8) is 0 Å². The van der Waals surface area contributed by atoms with Crippen molar-refractivity contribution in [1.82, 2.24) is 10.3 Å². The first kappa shape index (κ1) is 12.5. The highest BCUT2D eigenvalue weighted by molar-refractivity contribution is 7.15. The van der Waals surface area contributed by atoms with Crippen LogP contribution in [-0.4, -0.2) is 23.5 Å². The minimum absolute atomic E-state index is 0.0532. The largest absolute Gasteiger partial charge is 0.306 e. The SMILES string of the molecule is CCC1CCNC(C(=O)Nc2ncc(C)s2)C1. The summed E-state index contributed by atoms with van der Waals surface area (Å²) in [7, 11) is 0. The highest BCUT2D eigenvalue weighted by atomic mass is 32.1. The van der Waals surface area contributed by atoms with Gasteiger partial charge in [0.05, 0.1) is 6.04 Å². The molecule has 2 N–H and O–H groups in total. The molecule has 2 atom stereocenters. The van der Waals surface area contributed by atoms with Crippen molar-refractivity contribution in [3.8, 4) is 0 Å². The maximum atomic E-state index is 12.0. The molecule has 0 spiro atoms. The molecule has 2 unspecified atom stereocenters. The number of rotatable bonds is 3. The smallest absolute Gasteiger partial charge is 0.243 e. The second-order valence-electron chi connectivity index (χ2n) is 4.57. The Morgan fingerprint density at radius 2 is 2.53 bits per heavy atom. The predicted octanol–water partition coefficient (Wildman–Crippen LogP) is 2.17. The summed E-state index contributed by atoms with van der Waals surface area (Å²) < 4.78 is 0. The molecule has 0 bridgehead atoms. The van der Waals surface area contributed by atoms with E-state index in [-0.39, 0.29) is 11.9 Å². The number of nitrogens with one attached hydrogen (secondary N) is 2. The van der Waals surface area contributed by atoms with Gasteiger partial charge in [0, 0.05) is 11.1 Å². The number of hydrogen-bond acceptors (Lipinski definition) is 4. The number of hydrogen-bond donors (Lipinski definition) is 2. The predicted molar refractivity (Wildman–Crippen MR) is 70.3 cm³/mol. The molecule has 4 nitrogen and oxygen atoms in total. The summed E-state index contributed by atoms with van der Waals surface area (Å²) in [5.74, 6) is 0.725. The lowest BCUT2D eigenvalue weighted by atomic mass is 9.90. The Labute approximate surface area is 106 Å². The van der Waals surface area contributed by atoms with Crippen LogP contribution >= 0.6 is 11.3 Å². The number of aryl methyl sites for hydroxylation is 1. The Kier molecular flexibility index (Phi) is 4.12. The molecule has 0 saturated carbocycles. The van der Waals surface area contributed by atoms with E-state index < -0.39 is 0 Å². The quantitative estimate of drug-likeness (QED) is 0.868. The van der Waals surface area contributed by atoms with Gasteiger partial charge in [-0.3, -0.25) is 4.79 Å². The number of amides is 1. The molecule has 0 radical (unpaired) electrons. The van der Waals surface area contributed by atoms with Gasteiger partial charge in [-0.05, 0) is 32.2 Å². The van der Waals surface area contributed by atoms with E-state index in [1.807, 2.05) is 6.92 Å². The Balaban J connectivity index is 1.91. The Morgan fingerprint density at radius 1 is 1.71 bits per heavy atom. The first-order valence-corrected chi connectivity index (χ1v) is 6.97. The number of thiazole rings is 1. The molecule has 1 aromatic rings. The third-order valence-corrected chi connectivity index (χ3v) is 4.09. The second-order valence-corrected chi connectivity index (χ2v) is 5.81. The molecule has 1 aliphatic heterocycles. The van der Waals surface area contributed by atoms with E-state index in [1.165, 1.54) is 17.8 Å². The Morgan fingerprint density at radius 3 is 3.18 bits per heavy atom. The summed E-state index contributed by atoms with van der Waals surface area (Å²) in [6.07, 6.45) is 5.05. The van der Waals surface area contributed by atoms with Gasteiger partial charge in [0.2, 0.25) is 5.91 Å². The summed E-state index contributed by atoms with van der Waals surface area (Å²) in [4.78, 5) is 17.3. The normalized spacial score (nSPS) is 24.6. The highest BCUT2D eigenvalue weighted by Gasteiger charge is 2.26. The van der Waals surface area contributed by atoms with Crippen LogP contribution in [0.5, 0.6) is 0 Å². The van der Waals surface area contributed by atoms with Gasteiger partial charge >= 0.3 is 0 Å². The fourth-order valence-corrected chi connectivity index (χ4v) is 2.84. The van der Waals surface area contributed by atoms with Gasteiger partial charge in [-0.2, -0.15) is 0 Å². The third kappa shape index (κ3) is 3.26. The lowest BCUT2D eigenvalue weighted by molar-refractivity contribution is -0.119. The molecule has 17 heavy (non-hydrogen) atoms. The molecule has 1 saturated heterocycles. The van der Waals surface area contributed by atoms with Crippen molar-refractivity contribution >= 4 is 22.4 Å². The zero-order chi connectivity index (χ0) is 12.3. The van der Waals surface area contributed by atoms with Crippen LogP contribution < -0.4 is 10.6 Å². The molecular formula is C12H19N3OS. The molecule has 2 rings (SSSR count). The fraction of sp³-hybridized carbons (Fsp3) is 0.667. The molecular weight excluding hydrogens is 234 g/mol. The topological polar surface area (TPSA) is 54.0 Å². The van der Waals surface area contributed by atoms with E-state index in [1.54, 1.807) is 6.20 Å². The van der Waals surface area contributed by atoms with Gasteiger partial charge in [-0.15, -0.1) is 11.3 Å². The van der Waals surface area contributed by atoms with Crippen molar-refractivity contribution in [2.75, 3.05) is 11.9 Å². The van der Waals surface area contributed by atoms with Crippen molar-refractivity contribution < 1.29 is 4.79 Å². The van der Waals surface area contributed by atoms with Crippen LogP contribution in [0.1, 0.15) is 31.1 Å².